The van der Waals surface area contributed by atoms with Gasteiger partial charge in [0.05, 0.1) is 18.8 Å². The van der Waals surface area contributed by atoms with E-state index in [9.17, 15) is 4.79 Å². The largest absolute Gasteiger partial charge is 0.492 e. The quantitative estimate of drug-likeness (QED) is 0.838. The van der Waals surface area contributed by atoms with E-state index < -0.39 is 0 Å². The van der Waals surface area contributed by atoms with E-state index in [0.29, 0.717) is 36.2 Å². The molecular weight excluding hydrogens is 312 g/mol. The van der Waals surface area contributed by atoms with Gasteiger partial charge in [0, 0.05) is 11.6 Å². The molecule has 5 heteroatoms. The molecule has 2 aromatic rings. The maximum Gasteiger partial charge on any atom is 0.238 e. The third-order valence-corrected chi connectivity index (χ3v) is 3.49. The fourth-order valence-corrected chi connectivity index (χ4v) is 2.37. The summed E-state index contributed by atoms with van der Waals surface area (Å²) < 4.78 is 5.51. The van der Waals surface area contributed by atoms with Crippen LogP contribution in [-0.4, -0.2) is 31.0 Å². The molecule has 2 rings (SSSR count). The maximum absolute atomic E-state index is 12.2. The monoisotopic (exact) mass is 332 g/mol. The van der Waals surface area contributed by atoms with Crippen LogP contribution in [0.5, 0.6) is 5.75 Å². The topological polar surface area (TPSA) is 41.6 Å². The zero-order chi connectivity index (χ0) is 16.7. The Labute approximate surface area is 142 Å². The minimum absolute atomic E-state index is 0.0754. The van der Waals surface area contributed by atoms with E-state index in [1.165, 1.54) is 0 Å². The van der Waals surface area contributed by atoms with Crippen molar-refractivity contribution < 1.29 is 9.53 Å². The van der Waals surface area contributed by atoms with E-state index in [0.717, 1.165) is 5.56 Å². The van der Waals surface area contributed by atoms with Gasteiger partial charge in [0.2, 0.25) is 5.91 Å². The molecule has 0 unspecified atom stereocenters. The Bertz CT molecular complexity index is 644. The van der Waals surface area contributed by atoms with Gasteiger partial charge in [0.15, 0.2) is 0 Å². The molecule has 1 amide bonds. The molecule has 0 aliphatic rings. The fourth-order valence-electron chi connectivity index (χ4n) is 2.24. The Morgan fingerprint density at radius 3 is 2.57 bits per heavy atom. The Balaban J connectivity index is 1.90. The molecule has 0 heterocycles. The van der Waals surface area contributed by atoms with Crippen molar-refractivity contribution >= 4 is 23.2 Å². The van der Waals surface area contributed by atoms with Crippen molar-refractivity contribution in [3.8, 4) is 5.75 Å². The first kappa shape index (κ1) is 17.3. The molecule has 4 nitrogen and oxygen atoms in total. The minimum atomic E-state index is -0.0754. The number of anilines is 1. The molecule has 2 aromatic carbocycles. The van der Waals surface area contributed by atoms with Crippen molar-refractivity contribution in [3.63, 3.8) is 0 Å². The lowest BCUT2D eigenvalue weighted by molar-refractivity contribution is -0.117. The molecule has 122 valence electrons. The van der Waals surface area contributed by atoms with Gasteiger partial charge in [-0.2, -0.15) is 0 Å². The van der Waals surface area contributed by atoms with Gasteiger partial charge in [0.25, 0.3) is 0 Å². The van der Waals surface area contributed by atoms with E-state index >= 15 is 0 Å². The lowest BCUT2D eigenvalue weighted by Crippen LogP contribution is -2.30. The third-order valence-electron chi connectivity index (χ3n) is 3.24. The van der Waals surface area contributed by atoms with Crippen LogP contribution in [-0.2, 0) is 11.3 Å². The van der Waals surface area contributed by atoms with E-state index in [-0.39, 0.29) is 5.91 Å². The number of amides is 1. The first-order chi connectivity index (χ1) is 11.1. The number of para-hydroxylation sites is 2. The molecule has 0 bridgehead atoms. The van der Waals surface area contributed by atoms with Crippen LogP contribution in [0.3, 0.4) is 0 Å². The highest BCUT2D eigenvalue weighted by atomic mass is 35.5. The van der Waals surface area contributed by atoms with Crippen molar-refractivity contribution in [2.45, 2.75) is 13.5 Å². The van der Waals surface area contributed by atoms with Gasteiger partial charge in [-0.1, -0.05) is 35.9 Å². The summed E-state index contributed by atoms with van der Waals surface area (Å²) in [4.78, 5) is 14.1. The summed E-state index contributed by atoms with van der Waals surface area (Å²) in [6.45, 7) is 3.45. The predicted molar refractivity (Wildman–Crippen MR) is 94.0 cm³/mol. The SMILES string of the molecule is CCOc1ccccc1NC(=O)CN(C)Cc1ccc(Cl)cc1. The number of hydrogen-bond donors (Lipinski definition) is 1. The summed E-state index contributed by atoms with van der Waals surface area (Å²) in [5, 5.41) is 3.60. The highest BCUT2D eigenvalue weighted by molar-refractivity contribution is 6.30. The molecule has 0 fully saturated rings. The minimum Gasteiger partial charge on any atom is -0.492 e. The van der Waals surface area contributed by atoms with Gasteiger partial charge in [-0.05, 0) is 43.8 Å². The van der Waals surface area contributed by atoms with Crippen molar-refractivity contribution in [2.75, 3.05) is 25.5 Å². The molecule has 0 saturated heterocycles. The number of rotatable bonds is 7. The van der Waals surface area contributed by atoms with Crippen molar-refractivity contribution in [3.05, 3.63) is 59.1 Å². The van der Waals surface area contributed by atoms with Crippen molar-refractivity contribution in [1.29, 1.82) is 0 Å². The van der Waals surface area contributed by atoms with Gasteiger partial charge in [-0.3, -0.25) is 9.69 Å². The number of benzene rings is 2. The number of nitrogens with zero attached hydrogens (tertiary/aromatic N) is 1. The maximum atomic E-state index is 12.2. The number of halogens is 1. The third kappa shape index (κ3) is 5.58. The van der Waals surface area contributed by atoms with Gasteiger partial charge < -0.3 is 10.1 Å². The Morgan fingerprint density at radius 2 is 1.87 bits per heavy atom. The summed E-state index contributed by atoms with van der Waals surface area (Å²) in [7, 11) is 1.91. The number of carbonyl (C=O) groups excluding carboxylic acids is 1. The molecule has 1 N–H and O–H groups in total. The van der Waals surface area contributed by atoms with Crippen LogP contribution in [0.1, 0.15) is 12.5 Å². The smallest absolute Gasteiger partial charge is 0.238 e. The van der Waals surface area contributed by atoms with Gasteiger partial charge in [-0.15, -0.1) is 0 Å². The summed E-state index contributed by atoms with van der Waals surface area (Å²) >= 11 is 5.87. The van der Waals surface area contributed by atoms with Gasteiger partial charge in [-0.25, -0.2) is 0 Å². The number of ether oxygens (including phenoxy) is 1. The second kappa shape index (κ2) is 8.56. The van der Waals surface area contributed by atoms with Crippen LogP contribution in [0.2, 0.25) is 5.02 Å². The molecule has 0 spiro atoms. The van der Waals surface area contributed by atoms with E-state index in [4.69, 9.17) is 16.3 Å². The molecule has 0 aliphatic carbocycles. The van der Waals surface area contributed by atoms with Crippen LogP contribution in [0, 0.1) is 0 Å². The van der Waals surface area contributed by atoms with Crippen molar-refractivity contribution in [1.82, 2.24) is 4.90 Å². The second-order valence-corrected chi connectivity index (χ2v) is 5.71. The number of nitrogens with one attached hydrogen (secondary N) is 1. The van der Waals surface area contributed by atoms with Crippen LogP contribution in [0.4, 0.5) is 5.69 Å². The zero-order valence-electron chi connectivity index (χ0n) is 13.4. The summed E-state index contributed by atoms with van der Waals surface area (Å²) in [5.41, 5.74) is 1.80. The lowest BCUT2D eigenvalue weighted by atomic mass is 10.2. The summed E-state index contributed by atoms with van der Waals surface area (Å²) in [5.74, 6) is 0.609. The normalized spacial score (nSPS) is 10.6. The van der Waals surface area contributed by atoms with E-state index in [2.05, 4.69) is 5.32 Å². The number of carbonyl (C=O) groups is 1. The summed E-state index contributed by atoms with van der Waals surface area (Å²) in [6.07, 6.45) is 0. The molecular formula is C18H21ClN2O2. The van der Waals surface area contributed by atoms with Gasteiger partial charge >= 0.3 is 0 Å². The van der Waals surface area contributed by atoms with Gasteiger partial charge in [0.1, 0.15) is 5.75 Å². The molecule has 0 aliphatic heterocycles. The molecule has 0 radical (unpaired) electrons. The standard InChI is InChI=1S/C18H21ClN2O2/c1-3-23-17-7-5-4-6-16(17)20-18(22)13-21(2)12-14-8-10-15(19)11-9-14/h4-11H,3,12-13H2,1-2H3,(H,20,22). The average Bonchev–Trinajstić information content (AvgIpc) is 2.51. The van der Waals surface area contributed by atoms with E-state index in [1.807, 2.05) is 67.4 Å². The van der Waals surface area contributed by atoms with E-state index in [1.54, 1.807) is 0 Å². The first-order valence-electron chi connectivity index (χ1n) is 7.53. The Hall–Kier alpha value is -2.04. The highest BCUT2D eigenvalue weighted by Gasteiger charge is 2.10. The number of hydrogen-bond acceptors (Lipinski definition) is 3. The first-order valence-corrected chi connectivity index (χ1v) is 7.91. The highest BCUT2D eigenvalue weighted by Crippen LogP contribution is 2.23. The molecule has 0 aromatic heterocycles. The Morgan fingerprint density at radius 1 is 1.17 bits per heavy atom. The van der Waals surface area contributed by atoms with Crippen LogP contribution < -0.4 is 10.1 Å². The fraction of sp³-hybridized carbons (Fsp3) is 0.278. The Kier molecular flexibility index (Phi) is 6.44. The second-order valence-electron chi connectivity index (χ2n) is 5.28. The lowest BCUT2D eigenvalue weighted by Gasteiger charge is -2.17. The predicted octanol–water partition coefficient (Wildman–Crippen LogP) is 3.81. The average molecular weight is 333 g/mol. The molecule has 23 heavy (non-hydrogen) atoms. The summed E-state index contributed by atoms with van der Waals surface area (Å²) in [6, 6.07) is 15.1. The molecule has 0 saturated carbocycles. The van der Waals surface area contributed by atoms with Crippen LogP contribution in [0.15, 0.2) is 48.5 Å². The van der Waals surface area contributed by atoms with Crippen LogP contribution >= 0.6 is 11.6 Å². The number of likely N-dealkylation sites (N-methyl/N-ethyl adjacent to an activating group) is 1. The van der Waals surface area contributed by atoms with Crippen LogP contribution in [0.25, 0.3) is 0 Å². The van der Waals surface area contributed by atoms with Crippen molar-refractivity contribution in [2.24, 2.45) is 0 Å². The zero-order valence-corrected chi connectivity index (χ0v) is 14.1. The molecule has 0 atom stereocenters.